The quantitative estimate of drug-likeness (QED) is 0.326. The number of anilines is 1. The number of benzene rings is 3. The van der Waals surface area contributed by atoms with Gasteiger partial charge in [0.15, 0.2) is 0 Å². The van der Waals surface area contributed by atoms with Crippen LogP contribution >= 0.6 is 0 Å². The lowest BCUT2D eigenvalue weighted by molar-refractivity contribution is -0.117. The molecule has 0 saturated carbocycles. The topological polar surface area (TPSA) is 38.1 Å². The summed E-state index contributed by atoms with van der Waals surface area (Å²) >= 11 is 0. The van der Waals surface area contributed by atoms with Gasteiger partial charge in [-0.3, -0.25) is 4.79 Å². The predicted molar refractivity (Wildman–Crippen MR) is 140 cm³/mol. The van der Waals surface area contributed by atoms with E-state index < -0.39 is 0 Å². The van der Waals surface area contributed by atoms with E-state index >= 15 is 0 Å². The average molecular weight is 452 g/mol. The van der Waals surface area contributed by atoms with Crippen LogP contribution in [0.25, 0.3) is 11.0 Å². The highest BCUT2D eigenvalue weighted by Gasteiger charge is 2.35. The van der Waals surface area contributed by atoms with Crippen LogP contribution in [0.5, 0.6) is 0 Å². The number of imidazole rings is 1. The first-order chi connectivity index (χ1) is 16.4. The van der Waals surface area contributed by atoms with Gasteiger partial charge in [0.2, 0.25) is 5.91 Å². The molecule has 0 aliphatic carbocycles. The SMILES string of the molecule is CCC(C)c1ccc(Cn2c(C3CC(=O)N(c4ccc(C)cc4C)C3)nc3ccccc32)cc1. The zero-order valence-corrected chi connectivity index (χ0v) is 20.6. The molecule has 1 amide bonds. The molecule has 1 saturated heterocycles. The van der Waals surface area contributed by atoms with E-state index in [0.717, 1.165) is 41.1 Å². The van der Waals surface area contributed by atoms with Crippen molar-refractivity contribution in [3.8, 4) is 0 Å². The van der Waals surface area contributed by atoms with Crippen molar-refractivity contribution in [2.75, 3.05) is 11.4 Å². The highest BCUT2D eigenvalue weighted by molar-refractivity contribution is 5.97. The Bertz CT molecular complexity index is 1340. The number of nitrogens with zero attached hydrogens (tertiary/aromatic N) is 3. The Morgan fingerprint density at radius 1 is 1.03 bits per heavy atom. The smallest absolute Gasteiger partial charge is 0.227 e. The Morgan fingerprint density at radius 2 is 1.79 bits per heavy atom. The highest BCUT2D eigenvalue weighted by Crippen LogP contribution is 2.35. The molecule has 4 heteroatoms. The molecule has 1 aliphatic heterocycles. The van der Waals surface area contributed by atoms with Crippen molar-refractivity contribution in [3.05, 3.63) is 94.8 Å². The number of hydrogen-bond acceptors (Lipinski definition) is 2. The number of fused-ring (bicyclic) bond motifs is 1. The number of rotatable bonds is 6. The monoisotopic (exact) mass is 451 g/mol. The molecule has 2 unspecified atom stereocenters. The molecule has 2 atom stereocenters. The maximum Gasteiger partial charge on any atom is 0.227 e. The molecule has 0 N–H and O–H groups in total. The van der Waals surface area contributed by atoms with E-state index in [4.69, 9.17) is 4.98 Å². The van der Waals surface area contributed by atoms with Crippen LogP contribution < -0.4 is 4.90 Å². The molecular formula is C30H33N3O. The third kappa shape index (κ3) is 4.13. The number of carbonyl (C=O) groups is 1. The summed E-state index contributed by atoms with van der Waals surface area (Å²) in [6.07, 6.45) is 1.63. The highest BCUT2D eigenvalue weighted by atomic mass is 16.2. The molecule has 4 aromatic rings. The fourth-order valence-corrected chi connectivity index (χ4v) is 5.16. The lowest BCUT2D eigenvalue weighted by atomic mass is 9.97. The second kappa shape index (κ2) is 9.09. The summed E-state index contributed by atoms with van der Waals surface area (Å²) in [6.45, 7) is 10.1. The van der Waals surface area contributed by atoms with Crippen molar-refractivity contribution in [1.29, 1.82) is 0 Å². The molecule has 1 fully saturated rings. The third-order valence-electron chi connectivity index (χ3n) is 7.32. The molecule has 0 bridgehead atoms. The van der Waals surface area contributed by atoms with Gasteiger partial charge in [0, 0.05) is 31.1 Å². The summed E-state index contributed by atoms with van der Waals surface area (Å²) in [6, 6.07) is 23.6. The minimum Gasteiger partial charge on any atom is -0.323 e. The van der Waals surface area contributed by atoms with Gasteiger partial charge < -0.3 is 9.47 Å². The molecule has 1 aromatic heterocycles. The van der Waals surface area contributed by atoms with Crippen LogP contribution in [0.1, 0.15) is 66.6 Å². The number of amides is 1. The lowest BCUT2D eigenvalue weighted by Gasteiger charge is -2.20. The van der Waals surface area contributed by atoms with Crippen LogP contribution in [-0.4, -0.2) is 22.0 Å². The Labute approximate surface area is 202 Å². The fourth-order valence-electron chi connectivity index (χ4n) is 5.16. The van der Waals surface area contributed by atoms with Crippen LogP contribution in [0.15, 0.2) is 66.7 Å². The van der Waals surface area contributed by atoms with Gasteiger partial charge in [-0.2, -0.15) is 0 Å². The molecule has 0 radical (unpaired) electrons. The molecule has 0 spiro atoms. The third-order valence-corrected chi connectivity index (χ3v) is 7.32. The van der Waals surface area contributed by atoms with E-state index in [2.05, 4.69) is 92.9 Å². The van der Waals surface area contributed by atoms with E-state index in [0.29, 0.717) is 18.9 Å². The second-order valence-electron chi connectivity index (χ2n) is 9.79. The van der Waals surface area contributed by atoms with Gasteiger partial charge in [-0.05, 0) is 61.1 Å². The number of aromatic nitrogens is 2. The molecule has 1 aliphatic rings. The molecule has 174 valence electrons. The van der Waals surface area contributed by atoms with Crippen LogP contribution in [0.2, 0.25) is 0 Å². The zero-order chi connectivity index (χ0) is 23.8. The molecule has 34 heavy (non-hydrogen) atoms. The van der Waals surface area contributed by atoms with Crippen molar-refractivity contribution in [2.24, 2.45) is 0 Å². The number of hydrogen-bond donors (Lipinski definition) is 0. The van der Waals surface area contributed by atoms with Crippen LogP contribution in [0.3, 0.4) is 0 Å². The molecular weight excluding hydrogens is 418 g/mol. The van der Waals surface area contributed by atoms with E-state index in [-0.39, 0.29) is 11.8 Å². The summed E-state index contributed by atoms with van der Waals surface area (Å²) in [5.41, 5.74) is 8.13. The molecule has 3 aromatic carbocycles. The van der Waals surface area contributed by atoms with Gasteiger partial charge in [-0.1, -0.05) is 67.9 Å². The lowest BCUT2D eigenvalue weighted by Crippen LogP contribution is -2.25. The normalized spacial score (nSPS) is 17.0. The first-order valence-corrected chi connectivity index (χ1v) is 12.4. The number of carbonyl (C=O) groups excluding carboxylic acids is 1. The summed E-state index contributed by atoms with van der Waals surface area (Å²) in [5.74, 6) is 1.82. The van der Waals surface area contributed by atoms with Gasteiger partial charge in [-0.25, -0.2) is 4.98 Å². The van der Waals surface area contributed by atoms with Crippen LogP contribution in [0.4, 0.5) is 5.69 Å². The van der Waals surface area contributed by atoms with Crippen molar-refractivity contribution in [2.45, 2.75) is 58.9 Å². The Morgan fingerprint density at radius 3 is 2.53 bits per heavy atom. The Balaban J connectivity index is 1.48. The van der Waals surface area contributed by atoms with Gasteiger partial charge >= 0.3 is 0 Å². The largest absolute Gasteiger partial charge is 0.323 e. The molecule has 5 rings (SSSR count). The van der Waals surface area contributed by atoms with Crippen molar-refractivity contribution >= 4 is 22.6 Å². The van der Waals surface area contributed by atoms with Gasteiger partial charge in [0.1, 0.15) is 5.82 Å². The fraction of sp³-hybridized carbons (Fsp3) is 0.333. The molecule has 4 nitrogen and oxygen atoms in total. The summed E-state index contributed by atoms with van der Waals surface area (Å²) in [5, 5.41) is 0. The first kappa shape index (κ1) is 22.4. The number of aryl methyl sites for hydroxylation is 2. The van der Waals surface area contributed by atoms with Crippen LogP contribution in [0, 0.1) is 13.8 Å². The minimum absolute atomic E-state index is 0.0694. The zero-order valence-electron chi connectivity index (χ0n) is 20.6. The van der Waals surface area contributed by atoms with Crippen LogP contribution in [-0.2, 0) is 11.3 Å². The second-order valence-corrected chi connectivity index (χ2v) is 9.79. The summed E-state index contributed by atoms with van der Waals surface area (Å²) in [4.78, 5) is 20.1. The van der Waals surface area contributed by atoms with E-state index in [1.54, 1.807) is 0 Å². The summed E-state index contributed by atoms with van der Waals surface area (Å²) < 4.78 is 2.32. The van der Waals surface area contributed by atoms with Gasteiger partial charge in [0.05, 0.1) is 11.0 Å². The van der Waals surface area contributed by atoms with Gasteiger partial charge in [-0.15, -0.1) is 0 Å². The minimum atomic E-state index is 0.0694. The van der Waals surface area contributed by atoms with E-state index in [1.165, 1.54) is 16.7 Å². The first-order valence-electron chi connectivity index (χ1n) is 12.4. The van der Waals surface area contributed by atoms with E-state index in [9.17, 15) is 4.79 Å². The van der Waals surface area contributed by atoms with Gasteiger partial charge in [0.25, 0.3) is 0 Å². The Kier molecular flexibility index (Phi) is 5.99. The standard InChI is InChI=1S/C30H33N3O/c1-5-21(3)24-13-11-23(12-14-24)18-33-28-9-7-6-8-26(28)31-30(33)25-17-29(34)32(19-25)27-15-10-20(2)16-22(27)4/h6-16,21,25H,5,17-19H2,1-4H3. The predicted octanol–water partition coefficient (Wildman–Crippen LogP) is 6.74. The average Bonchev–Trinajstić information content (AvgIpc) is 3.39. The van der Waals surface area contributed by atoms with E-state index in [1.807, 2.05) is 11.0 Å². The van der Waals surface area contributed by atoms with Crippen molar-refractivity contribution in [3.63, 3.8) is 0 Å². The van der Waals surface area contributed by atoms with Crippen molar-refractivity contribution in [1.82, 2.24) is 9.55 Å². The maximum atomic E-state index is 13.1. The number of para-hydroxylation sites is 2. The van der Waals surface area contributed by atoms with Crippen molar-refractivity contribution < 1.29 is 4.79 Å². The summed E-state index contributed by atoms with van der Waals surface area (Å²) in [7, 11) is 0. The Hall–Kier alpha value is -3.40. The maximum absolute atomic E-state index is 13.1. The molecule has 2 heterocycles.